The van der Waals surface area contributed by atoms with Crippen LogP contribution in [0.4, 0.5) is 18.9 Å². The number of hydrogen-bond acceptors (Lipinski definition) is 2. The molecule has 0 unspecified atom stereocenters. The standard InChI is InChI=1S/C10H12ClF3N2/c1-16(5-3-10(12,13)14)9-2-4-15-8(6-9)7-11/h2,4,6H,3,5,7H2,1H3. The first-order valence-corrected chi connectivity index (χ1v) is 5.24. The Morgan fingerprint density at radius 1 is 1.44 bits per heavy atom. The minimum Gasteiger partial charge on any atom is -0.374 e. The van der Waals surface area contributed by atoms with Gasteiger partial charge in [0, 0.05) is 25.5 Å². The van der Waals surface area contributed by atoms with Gasteiger partial charge in [0.1, 0.15) is 0 Å². The lowest BCUT2D eigenvalue weighted by molar-refractivity contribution is -0.132. The summed E-state index contributed by atoms with van der Waals surface area (Å²) in [6.45, 7) is -0.0742. The van der Waals surface area contributed by atoms with Gasteiger partial charge in [0.05, 0.1) is 18.0 Å². The molecule has 0 aromatic carbocycles. The highest BCUT2D eigenvalue weighted by Gasteiger charge is 2.27. The lowest BCUT2D eigenvalue weighted by Crippen LogP contribution is -2.24. The summed E-state index contributed by atoms with van der Waals surface area (Å²) >= 11 is 5.59. The van der Waals surface area contributed by atoms with Crippen molar-refractivity contribution in [3.63, 3.8) is 0 Å². The molecule has 90 valence electrons. The molecule has 1 rings (SSSR count). The van der Waals surface area contributed by atoms with E-state index in [-0.39, 0.29) is 12.4 Å². The zero-order valence-corrected chi connectivity index (χ0v) is 9.52. The Kier molecular flexibility index (Phi) is 4.41. The van der Waals surface area contributed by atoms with Crippen LogP contribution in [-0.2, 0) is 5.88 Å². The van der Waals surface area contributed by atoms with Gasteiger partial charge >= 0.3 is 6.18 Å². The van der Waals surface area contributed by atoms with Crippen molar-refractivity contribution in [3.05, 3.63) is 24.0 Å². The molecule has 1 heterocycles. The third-order valence-electron chi connectivity index (χ3n) is 2.11. The number of alkyl halides is 4. The predicted molar refractivity (Wildman–Crippen MR) is 57.7 cm³/mol. The molecule has 16 heavy (non-hydrogen) atoms. The zero-order valence-electron chi connectivity index (χ0n) is 8.76. The number of aromatic nitrogens is 1. The van der Waals surface area contributed by atoms with Crippen LogP contribution in [0.5, 0.6) is 0 Å². The van der Waals surface area contributed by atoms with Crippen LogP contribution in [0.2, 0.25) is 0 Å². The molecule has 0 N–H and O–H groups in total. The van der Waals surface area contributed by atoms with Crippen LogP contribution in [0.25, 0.3) is 0 Å². The monoisotopic (exact) mass is 252 g/mol. The van der Waals surface area contributed by atoms with Gasteiger partial charge in [-0.05, 0) is 12.1 Å². The van der Waals surface area contributed by atoms with Gasteiger partial charge in [0.25, 0.3) is 0 Å². The van der Waals surface area contributed by atoms with Gasteiger partial charge in [-0.1, -0.05) is 0 Å². The maximum Gasteiger partial charge on any atom is 0.390 e. The van der Waals surface area contributed by atoms with Crippen molar-refractivity contribution in [3.8, 4) is 0 Å². The maximum atomic E-state index is 12.0. The highest BCUT2D eigenvalue weighted by Crippen LogP contribution is 2.21. The topological polar surface area (TPSA) is 16.1 Å². The van der Waals surface area contributed by atoms with E-state index in [2.05, 4.69) is 4.98 Å². The first-order chi connectivity index (χ1) is 7.42. The first kappa shape index (κ1) is 13.1. The number of rotatable bonds is 4. The van der Waals surface area contributed by atoms with Crippen LogP contribution in [0.15, 0.2) is 18.3 Å². The quantitative estimate of drug-likeness (QED) is 0.765. The van der Waals surface area contributed by atoms with E-state index >= 15 is 0 Å². The number of nitrogens with zero attached hydrogens (tertiary/aromatic N) is 2. The largest absolute Gasteiger partial charge is 0.390 e. The summed E-state index contributed by atoms with van der Waals surface area (Å²) in [7, 11) is 1.61. The fraction of sp³-hybridized carbons (Fsp3) is 0.500. The smallest absolute Gasteiger partial charge is 0.374 e. The molecule has 1 aromatic heterocycles. The Morgan fingerprint density at radius 2 is 2.12 bits per heavy atom. The summed E-state index contributed by atoms with van der Waals surface area (Å²) in [4.78, 5) is 5.50. The van der Waals surface area contributed by atoms with Crippen molar-refractivity contribution in [2.75, 3.05) is 18.5 Å². The number of hydrogen-bond donors (Lipinski definition) is 0. The second kappa shape index (κ2) is 5.39. The van der Waals surface area contributed by atoms with Crippen LogP contribution in [0.1, 0.15) is 12.1 Å². The molecule has 0 saturated carbocycles. The minimum absolute atomic E-state index is 0.0742. The van der Waals surface area contributed by atoms with Crippen molar-refractivity contribution in [2.24, 2.45) is 0 Å². The van der Waals surface area contributed by atoms with E-state index in [0.29, 0.717) is 11.4 Å². The average Bonchev–Trinajstić information content (AvgIpc) is 2.25. The molecule has 0 fully saturated rings. The lowest BCUT2D eigenvalue weighted by Gasteiger charge is -2.20. The molecule has 6 heteroatoms. The molecule has 0 spiro atoms. The highest BCUT2D eigenvalue weighted by molar-refractivity contribution is 6.16. The van der Waals surface area contributed by atoms with Crippen molar-refractivity contribution in [1.82, 2.24) is 4.98 Å². The second-order valence-electron chi connectivity index (χ2n) is 3.43. The third-order valence-corrected chi connectivity index (χ3v) is 2.38. The van der Waals surface area contributed by atoms with Crippen LogP contribution in [0.3, 0.4) is 0 Å². The summed E-state index contributed by atoms with van der Waals surface area (Å²) in [6.07, 6.45) is -3.42. The predicted octanol–water partition coefficient (Wildman–Crippen LogP) is 3.21. The van der Waals surface area contributed by atoms with Gasteiger partial charge in [-0.25, -0.2) is 0 Å². The summed E-state index contributed by atoms with van der Waals surface area (Å²) in [5.41, 5.74) is 1.34. The maximum absolute atomic E-state index is 12.0. The van der Waals surface area contributed by atoms with Gasteiger partial charge in [-0.3, -0.25) is 4.98 Å². The molecule has 0 aliphatic carbocycles. The van der Waals surface area contributed by atoms with Gasteiger partial charge in [0.2, 0.25) is 0 Å². The molecule has 0 aliphatic heterocycles. The number of anilines is 1. The first-order valence-electron chi connectivity index (χ1n) is 4.71. The van der Waals surface area contributed by atoms with E-state index in [4.69, 9.17) is 11.6 Å². The SMILES string of the molecule is CN(CCC(F)(F)F)c1ccnc(CCl)c1. The Labute approximate surface area is 97.0 Å². The van der Waals surface area contributed by atoms with E-state index in [9.17, 15) is 13.2 Å². The van der Waals surface area contributed by atoms with Crippen LogP contribution in [-0.4, -0.2) is 24.8 Å². The van der Waals surface area contributed by atoms with Gasteiger partial charge in [-0.15, -0.1) is 11.6 Å². The molecule has 0 radical (unpaired) electrons. The number of pyridine rings is 1. The number of halogens is 4. The molecular weight excluding hydrogens is 241 g/mol. The van der Waals surface area contributed by atoms with E-state index in [1.54, 1.807) is 19.2 Å². The summed E-state index contributed by atoms with van der Waals surface area (Å²) in [6, 6.07) is 3.34. The van der Waals surface area contributed by atoms with Crippen molar-refractivity contribution >= 4 is 17.3 Å². The summed E-state index contributed by atoms with van der Waals surface area (Å²) in [5.74, 6) is 0.251. The van der Waals surface area contributed by atoms with Crippen molar-refractivity contribution in [1.29, 1.82) is 0 Å². The van der Waals surface area contributed by atoms with Gasteiger partial charge in [0.15, 0.2) is 0 Å². The van der Waals surface area contributed by atoms with Crippen molar-refractivity contribution < 1.29 is 13.2 Å². The summed E-state index contributed by atoms with van der Waals surface area (Å²) in [5, 5.41) is 0. The van der Waals surface area contributed by atoms with Crippen LogP contribution in [0, 0.1) is 0 Å². The van der Waals surface area contributed by atoms with Gasteiger partial charge in [-0.2, -0.15) is 13.2 Å². The minimum atomic E-state index is -4.13. The van der Waals surface area contributed by atoms with E-state index in [0.717, 1.165) is 0 Å². The molecule has 0 saturated heterocycles. The van der Waals surface area contributed by atoms with E-state index < -0.39 is 12.6 Å². The normalized spacial score (nSPS) is 11.6. The lowest BCUT2D eigenvalue weighted by atomic mass is 10.3. The Morgan fingerprint density at radius 3 is 2.69 bits per heavy atom. The van der Waals surface area contributed by atoms with E-state index in [1.165, 1.54) is 11.1 Å². The molecule has 0 aliphatic rings. The molecule has 0 amide bonds. The van der Waals surface area contributed by atoms with Crippen molar-refractivity contribution in [2.45, 2.75) is 18.5 Å². The van der Waals surface area contributed by atoms with Gasteiger partial charge < -0.3 is 4.90 Å². The molecule has 1 aromatic rings. The fourth-order valence-corrected chi connectivity index (χ4v) is 1.35. The molecular formula is C10H12ClF3N2. The third kappa shape index (κ3) is 4.26. The molecule has 0 atom stereocenters. The Bertz CT molecular complexity index is 341. The second-order valence-corrected chi connectivity index (χ2v) is 3.69. The van der Waals surface area contributed by atoms with Crippen LogP contribution >= 0.6 is 11.6 Å². The zero-order chi connectivity index (χ0) is 12.2. The van der Waals surface area contributed by atoms with E-state index in [1.807, 2.05) is 0 Å². The summed E-state index contributed by atoms with van der Waals surface area (Å²) < 4.78 is 36.1. The fourth-order valence-electron chi connectivity index (χ4n) is 1.20. The molecule has 2 nitrogen and oxygen atoms in total. The van der Waals surface area contributed by atoms with Crippen LogP contribution < -0.4 is 4.90 Å². The highest BCUT2D eigenvalue weighted by atomic mass is 35.5. The Balaban J connectivity index is 2.62. The average molecular weight is 253 g/mol. The Hall–Kier alpha value is -0.970. The molecule has 0 bridgehead atoms.